The first-order chi connectivity index (χ1) is 7.03. The van der Waals surface area contributed by atoms with Crippen LogP contribution in [0.2, 0.25) is 0 Å². The number of hydrogen-bond acceptors (Lipinski definition) is 5. The van der Waals surface area contributed by atoms with E-state index in [-0.39, 0.29) is 16.3 Å². The Morgan fingerprint density at radius 2 is 2.33 bits per heavy atom. The van der Waals surface area contributed by atoms with Crippen LogP contribution in [0.5, 0.6) is 0 Å². The van der Waals surface area contributed by atoms with Gasteiger partial charge in [0.15, 0.2) is 0 Å². The summed E-state index contributed by atoms with van der Waals surface area (Å²) >= 11 is 0. The third-order valence-electron chi connectivity index (χ3n) is 1.90. The van der Waals surface area contributed by atoms with E-state index in [9.17, 15) is 9.00 Å². The average molecular weight is 228 g/mol. The smallest absolute Gasteiger partial charge is 0.340 e. The van der Waals surface area contributed by atoms with Crippen molar-refractivity contribution in [1.29, 1.82) is 4.78 Å². The van der Waals surface area contributed by atoms with Gasteiger partial charge in [-0.1, -0.05) is 6.92 Å². The molecule has 0 aromatic carbocycles. The molecule has 0 bridgehead atoms. The van der Waals surface area contributed by atoms with E-state index in [1.54, 1.807) is 13.0 Å². The van der Waals surface area contributed by atoms with Crippen molar-refractivity contribution >= 4 is 15.7 Å². The Bertz CT molecular complexity index is 468. The second-order valence-corrected chi connectivity index (χ2v) is 5.13. The monoisotopic (exact) mass is 228 g/mol. The lowest BCUT2D eigenvalue weighted by atomic mass is 10.3. The maximum Gasteiger partial charge on any atom is 0.340 e. The van der Waals surface area contributed by atoms with Crippen molar-refractivity contribution in [1.82, 2.24) is 4.98 Å². The zero-order chi connectivity index (χ0) is 11.5. The molecule has 0 aliphatic rings. The SMILES string of the molecule is CC[S@@](=N)(=O)c1ncccc1C(=O)OC. The molecule has 15 heavy (non-hydrogen) atoms. The Balaban J connectivity index is 3.37. The zero-order valence-corrected chi connectivity index (χ0v) is 9.34. The fourth-order valence-corrected chi connectivity index (χ4v) is 2.07. The highest BCUT2D eigenvalue weighted by molar-refractivity contribution is 7.92. The molecule has 0 saturated heterocycles. The molecule has 5 nitrogen and oxygen atoms in total. The quantitative estimate of drug-likeness (QED) is 0.790. The summed E-state index contributed by atoms with van der Waals surface area (Å²) in [6, 6.07) is 3.00. The van der Waals surface area contributed by atoms with Crippen LogP contribution < -0.4 is 0 Å². The average Bonchev–Trinajstić information content (AvgIpc) is 2.28. The number of carbonyl (C=O) groups excluding carboxylic acids is 1. The first-order valence-corrected chi connectivity index (χ1v) is 6.05. The molecule has 0 unspecified atom stereocenters. The molecule has 0 aliphatic heterocycles. The van der Waals surface area contributed by atoms with Gasteiger partial charge in [-0.3, -0.25) is 0 Å². The summed E-state index contributed by atoms with van der Waals surface area (Å²) in [5, 5.41) is -0.000602. The molecule has 0 spiro atoms. The minimum absolute atomic E-state index is 0.000602. The van der Waals surface area contributed by atoms with Crippen LogP contribution in [-0.2, 0) is 14.5 Å². The number of nitrogens with zero attached hydrogens (tertiary/aromatic N) is 1. The molecular formula is C9H12N2O3S. The first-order valence-electron chi connectivity index (χ1n) is 4.32. The number of pyridine rings is 1. The lowest BCUT2D eigenvalue weighted by Gasteiger charge is -2.07. The van der Waals surface area contributed by atoms with Crippen molar-refractivity contribution < 1.29 is 13.7 Å². The van der Waals surface area contributed by atoms with E-state index in [2.05, 4.69) is 9.72 Å². The fraction of sp³-hybridized carbons (Fsp3) is 0.333. The lowest BCUT2D eigenvalue weighted by Crippen LogP contribution is -2.12. The van der Waals surface area contributed by atoms with Crippen LogP contribution in [0, 0.1) is 4.78 Å². The fourth-order valence-electron chi connectivity index (χ4n) is 1.06. The van der Waals surface area contributed by atoms with E-state index in [4.69, 9.17) is 4.78 Å². The van der Waals surface area contributed by atoms with E-state index >= 15 is 0 Å². The predicted octanol–water partition coefficient (Wildman–Crippen LogP) is 1.29. The molecule has 1 N–H and O–H groups in total. The molecule has 0 fully saturated rings. The van der Waals surface area contributed by atoms with E-state index in [0.717, 1.165) is 0 Å². The molecule has 1 rings (SSSR count). The van der Waals surface area contributed by atoms with Crippen molar-refractivity contribution in [3.8, 4) is 0 Å². The van der Waals surface area contributed by atoms with Gasteiger partial charge in [0.05, 0.1) is 22.4 Å². The van der Waals surface area contributed by atoms with Crippen LogP contribution in [0.1, 0.15) is 17.3 Å². The van der Waals surface area contributed by atoms with E-state index in [1.165, 1.54) is 19.4 Å². The van der Waals surface area contributed by atoms with Gasteiger partial charge in [-0.25, -0.2) is 18.8 Å². The van der Waals surface area contributed by atoms with E-state index in [0.29, 0.717) is 0 Å². The van der Waals surface area contributed by atoms with Gasteiger partial charge in [0.1, 0.15) is 5.03 Å². The Kier molecular flexibility index (Phi) is 3.41. The van der Waals surface area contributed by atoms with Gasteiger partial charge in [0.2, 0.25) is 0 Å². The number of aromatic nitrogens is 1. The molecule has 1 atom stereocenters. The summed E-state index contributed by atoms with van der Waals surface area (Å²) in [6.07, 6.45) is 1.41. The van der Waals surface area contributed by atoms with E-state index < -0.39 is 15.7 Å². The highest BCUT2D eigenvalue weighted by Gasteiger charge is 2.19. The molecule has 82 valence electrons. The van der Waals surface area contributed by atoms with Crippen LogP contribution in [-0.4, -0.2) is 28.0 Å². The Morgan fingerprint density at radius 3 is 2.87 bits per heavy atom. The Labute approximate surface area is 88.5 Å². The van der Waals surface area contributed by atoms with Gasteiger partial charge in [-0.05, 0) is 12.1 Å². The van der Waals surface area contributed by atoms with Crippen LogP contribution in [0.4, 0.5) is 0 Å². The zero-order valence-electron chi connectivity index (χ0n) is 8.52. The summed E-state index contributed by atoms with van der Waals surface area (Å²) in [5.41, 5.74) is 0.0989. The Hall–Kier alpha value is -1.43. The number of rotatable bonds is 3. The molecule has 1 heterocycles. The number of carbonyl (C=O) groups is 1. The van der Waals surface area contributed by atoms with Crippen LogP contribution >= 0.6 is 0 Å². The summed E-state index contributed by atoms with van der Waals surface area (Å²) in [5.74, 6) is -0.500. The highest BCUT2D eigenvalue weighted by Crippen LogP contribution is 2.15. The molecule has 0 saturated carbocycles. The van der Waals surface area contributed by atoms with Crippen LogP contribution in [0.3, 0.4) is 0 Å². The number of esters is 1. The molecule has 0 radical (unpaired) electrons. The van der Waals surface area contributed by atoms with Gasteiger partial charge in [0.25, 0.3) is 0 Å². The van der Waals surface area contributed by atoms with Gasteiger partial charge in [-0.2, -0.15) is 0 Å². The second kappa shape index (κ2) is 4.39. The molecule has 0 aliphatic carbocycles. The van der Waals surface area contributed by atoms with Gasteiger partial charge in [0, 0.05) is 11.9 Å². The first kappa shape index (κ1) is 11.6. The number of nitrogens with one attached hydrogen (secondary N) is 1. The second-order valence-electron chi connectivity index (χ2n) is 2.81. The normalized spacial score (nSPS) is 14.3. The summed E-state index contributed by atoms with van der Waals surface area (Å²) in [7, 11) is -1.76. The topological polar surface area (TPSA) is 80.1 Å². The summed E-state index contributed by atoms with van der Waals surface area (Å²) < 4.78 is 23.9. The molecule has 1 aromatic heterocycles. The highest BCUT2D eigenvalue weighted by atomic mass is 32.2. The van der Waals surface area contributed by atoms with Crippen LogP contribution in [0.25, 0.3) is 0 Å². The lowest BCUT2D eigenvalue weighted by molar-refractivity contribution is 0.0595. The van der Waals surface area contributed by atoms with Crippen molar-refractivity contribution in [2.24, 2.45) is 0 Å². The largest absolute Gasteiger partial charge is 0.465 e. The maximum absolute atomic E-state index is 11.8. The van der Waals surface area contributed by atoms with Gasteiger partial charge in [-0.15, -0.1) is 0 Å². The van der Waals surface area contributed by atoms with Crippen molar-refractivity contribution in [3.05, 3.63) is 23.9 Å². The van der Waals surface area contributed by atoms with Crippen molar-refractivity contribution in [2.75, 3.05) is 12.9 Å². The number of methoxy groups -OCH3 is 1. The third-order valence-corrected chi connectivity index (χ3v) is 3.66. The summed E-state index contributed by atoms with van der Waals surface area (Å²) in [4.78, 5) is 15.2. The minimum atomic E-state index is -3.00. The summed E-state index contributed by atoms with van der Waals surface area (Å²) in [6.45, 7) is 1.62. The standard InChI is InChI=1S/C9H12N2O3S/c1-3-15(10,13)8-7(9(12)14-2)5-4-6-11-8/h4-6,10H,3H2,1-2H3/t15-/m1/s1. The molecule has 1 aromatic rings. The molecule has 0 amide bonds. The molecule has 6 heteroatoms. The van der Waals surface area contributed by atoms with Crippen LogP contribution in [0.15, 0.2) is 23.4 Å². The van der Waals surface area contributed by atoms with Gasteiger partial charge < -0.3 is 4.74 Å². The molecular weight excluding hydrogens is 216 g/mol. The number of ether oxygens (including phenoxy) is 1. The minimum Gasteiger partial charge on any atom is -0.465 e. The number of hydrogen-bond donors (Lipinski definition) is 1. The Morgan fingerprint density at radius 1 is 1.67 bits per heavy atom. The van der Waals surface area contributed by atoms with E-state index in [1.807, 2.05) is 0 Å². The van der Waals surface area contributed by atoms with Gasteiger partial charge >= 0.3 is 5.97 Å². The van der Waals surface area contributed by atoms with Crippen molar-refractivity contribution in [3.63, 3.8) is 0 Å². The predicted molar refractivity (Wildman–Crippen MR) is 55.2 cm³/mol. The van der Waals surface area contributed by atoms with Crippen molar-refractivity contribution in [2.45, 2.75) is 11.9 Å². The third kappa shape index (κ3) is 2.33. The maximum atomic E-state index is 11.8.